The molecule has 8 heteroatoms. The molecule has 35 heavy (non-hydrogen) atoms. The number of hydrogen-bond donors (Lipinski definition) is 0. The number of ether oxygens (including phenoxy) is 3. The second kappa shape index (κ2) is 13.0. The third kappa shape index (κ3) is 8.33. The average molecular weight is 478 g/mol. The van der Waals surface area contributed by atoms with Gasteiger partial charge in [0.05, 0.1) is 13.2 Å². The third-order valence-electron chi connectivity index (χ3n) is 5.14. The number of pyridine rings is 1. The van der Waals surface area contributed by atoms with Crippen LogP contribution in [-0.4, -0.2) is 55.3 Å². The lowest BCUT2D eigenvalue weighted by atomic mass is 10.2. The molecule has 0 fully saturated rings. The van der Waals surface area contributed by atoms with Crippen molar-refractivity contribution < 1.29 is 23.8 Å². The summed E-state index contributed by atoms with van der Waals surface area (Å²) < 4.78 is 16.3. The predicted octanol–water partition coefficient (Wildman–Crippen LogP) is 4.47. The van der Waals surface area contributed by atoms with E-state index >= 15 is 0 Å². The zero-order valence-electron chi connectivity index (χ0n) is 20.3. The highest BCUT2D eigenvalue weighted by Crippen LogP contribution is 2.17. The number of aromatic nitrogens is 1. The van der Waals surface area contributed by atoms with Crippen LogP contribution < -0.4 is 14.4 Å². The van der Waals surface area contributed by atoms with E-state index < -0.39 is 12.1 Å². The molecule has 0 unspecified atom stereocenters. The number of amides is 1. The largest absolute Gasteiger partial charge is 0.492 e. The predicted molar refractivity (Wildman–Crippen MR) is 134 cm³/mol. The fourth-order valence-electron chi connectivity index (χ4n) is 3.23. The molecule has 0 aliphatic rings. The summed E-state index contributed by atoms with van der Waals surface area (Å²) in [6.07, 6.45) is 1.13. The molecule has 3 aromatic rings. The topological polar surface area (TPSA) is 81.2 Å². The minimum Gasteiger partial charge on any atom is -0.492 e. The lowest BCUT2D eigenvalue weighted by Gasteiger charge is -2.21. The highest BCUT2D eigenvalue weighted by atomic mass is 16.6. The van der Waals surface area contributed by atoms with Crippen molar-refractivity contribution in [3.05, 3.63) is 84.1 Å². The Labute approximate surface area is 206 Å². The van der Waals surface area contributed by atoms with Gasteiger partial charge in [0.2, 0.25) is 0 Å². The molecule has 1 aromatic heterocycles. The fraction of sp³-hybridized carbons (Fsp3) is 0.296. The van der Waals surface area contributed by atoms with E-state index in [1.54, 1.807) is 25.3 Å². The number of carbonyl (C=O) groups is 2. The van der Waals surface area contributed by atoms with E-state index in [1.165, 1.54) is 4.90 Å². The van der Waals surface area contributed by atoms with Gasteiger partial charge in [0, 0.05) is 19.8 Å². The first-order valence-corrected chi connectivity index (χ1v) is 11.5. The maximum atomic E-state index is 12.8. The number of carbonyl (C=O) groups excluding carboxylic acids is 2. The van der Waals surface area contributed by atoms with E-state index in [4.69, 9.17) is 14.2 Å². The average Bonchev–Trinajstić information content (AvgIpc) is 2.86. The van der Waals surface area contributed by atoms with Crippen molar-refractivity contribution in [3.63, 3.8) is 0 Å². The summed E-state index contributed by atoms with van der Waals surface area (Å²) in [7, 11) is 1.96. The Morgan fingerprint density at radius 1 is 0.943 bits per heavy atom. The zero-order chi connectivity index (χ0) is 25.0. The number of hydrogen-bond acceptors (Lipinski definition) is 7. The summed E-state index contributed by atoms with van der Waals surface area (Å²) in [5.41, 5.74) is 1.88. The van der Waals surface area contributed by atoms with Crippen LogP contribution in [0.4, 0.5) is 10.6 Å². The van der Waals surface area contributed by atoms with Gasteiger partial charge in [0.15, 0.2) is 0 Å². The Morgan fingerprint density at radius 2 is 1.66 bits per heavy atom. The van der Waals surface area contributed by atoms with E-state index in [0.29, 0.717) is 24.7 Å². The van der Waals surface area contributed by atoms with Crippen LogP contribution in [0.25, 0.3) is 0 Å². The molecular formula is C27H31N3O5. The van der Waals surface area contributed by atoms with Crippen molar-refractivity contribution in [3.8, 4) is 11.5 Å². The summed E-state index contributed by atoms with van der Waals surface area (Å²) in [5.74, 6) is 1.51. The van der Waals surface area contributed by atoms with Crippen LogP contribution in [0.15, 0.2) is 72.9 Å². The number of nitrogens with zero attached hydrogens (tertiary/aromatic N) is 3. The summed E-state index contributed by atoms with van der Waals surface area (Å²) in [6, 6.07) is 20.3. The van der Waals surface area contributed by atoms with E-state index in [9.17, 15) is 9.59 Å². The smallest absolute Gasteiger partial charge is 0.416 e. The molecule has 0 spiro atoms. The molecule has 184 valence electrons. The second-order valence-corrected chi connectivity index (χ2v) is 7.94. The maximum Gasteiger partial charge on any atom is 0.416 e. The molecule has 0 saturated carbocycles. The minimum absolute atomic E-state index is 0.187. The van der Waals surface area contributed by atoms with Gasteiger partial charge >= 0.3 is 12.1 Å². The van der Waals surface area contributed by atoms with Crippen molar-refractivity contribution in [2.75, 3.05) is 38.3 Å². The molecule has 0 aliphatic carbocycles. The highest BCUT2D eigenvalue weighted by Gasteiger charge is 2.20. The molecule has 1 amide bonds. The first-order valence-electron chi connectivity index (χ1n) is 11.5. The molecule has 0 atom stereocenters. The molecule has 0 radical (unpaired) electrons. The molecule has 0 aliphatic heterocycles. The van der Waals surface area contributed by atoms with Gasteiger partial charge < -0.3 is 19.1 Å². The van der Waals surface area contributed by atoms with Gasteiger partial charge in [-0.25, -0.2) is 9.78 Å². The Hall–Kier alpha value is -4.07. The monoisotopic (exact) mass is 477 g/mol. The molecule has 2 aromatic carbocycles. The molecule has 8 nitrogen and oxygen atoms in total. The van der Waals surface area contributed by atoms with Crippen LogP contribution in [0.1, 0.15) is 18.1 Å². The summed E-state index contributed by atoms with van der Waals surface area (Å²) in [6.45, 7) is 5.05. The molecule has 0 bridgehead atoms. The van der Waals surface area contributed by atoms with Crippen LogP contribution >= 0.6 is 0 Å². The molecule has 0 N–H and O–H groups in total. The molecule has 0 saturated heterocycles. The Kier molecular flexibility index (Phi) is 9.48. The number of benzene rings is 2. The molecule has 1 heterocycles. The van der Waals surface area contributed by atoms with Gasteiger partial charge in [-0.2, -0.15) is 0 Å². The highest BCUT2D eigenvalue weighted by molar-refractivity contribution is 5.79. The van der Waals surface area contributed by atoms with Gasteiger partial charge in [-0.05, 0) is 55.8 Å². The molecule has 3 rings (SSSR count). The Morgan fingerprint density at radius 3 is 2.31 bits per heavy atom. The number of rotatable bonds is 11. The van der Waals surface area contributed by atoms with Crippen LogP contribution in [0.2, 0.25) is 0 Å². The Balaban J connectivity index is 1.57. The SMILES string of the molecule is CCOC(=O)CN(Cc1ccc(OCCN(C)c2ccccn2)cc1)C(=O)Oc1ccc(C)cc1. The van der Waals surface area contributed by atoms with Crippen molar-refractivity contribution in [1.82, 2.24) is 9.88 Å². The Bertz CT molecular complexity index is 1070. The van der Waals surface area contributed by atoms with Crippen LogP contribution in [0, 0.1) is 6.92 Å². The van der Waals surface area contributed by atoms with Crippen molar-refractivity contribution >= 4 is 17.9 Å². The van der Waals surface area contributed by atoms with Crippen molar-refractivity contribution in [2.24, 2.45) is 0 Å². The lowest BCUT2D eigenvalue weighted by Crippen LogP contribution is -2.38. The third-order valence-corrected chi connectivity index (χ3v) is 5.14. The standard InChI is InChI=1S/C27H31N3O5/c1-4-33-26(31)20-30(27(32)35-24-12-8-21(2)9-13-24)19-22-10-14-23(15-11-22)34-18-17-29(3)25-7-5-6-16-28-25/h5-16H,4,17-20H2,1-3H3. The van der Waals surface area contributed by atoms with Crippen molar-refractivity contribution in [2.45, 2.75) is 20.4 Å². The number of aryl methyl sites for hydroxylation is 1. The second-order valence-electron chi connectivity index (χ2n) is 7.94. The van der Waals surface area contributed by atoms with Gasteiger partial charge in [0.25, 0.3) is 0 Å². The normalized spacial score (nSPS) is 10.4. The fourth-order valence-corrected chi connectivity index (χ4v) is 3.23. The number of anilines is 1. The van der Waals surface area contributed by atoms with Gasteiger partial charge in [-0.15, -0.1) is 0 Å². The summed E-state index contributed by atoms with van der Waals surface area (Å²) in [4.78, 5) is 32.5. The van der Waals surface area contributed by atoms with Gasteiger partial charge in [0.1, 0.15) is 30.5 Å². The van der Waals surface area contributed by atoms with Crippen LogP contribution in [0.3, 0.4) is 0 Å². The lowest BCUT2D eigenvalue weighted by molar-refractivity contribution is -0.144. The number of esters is 1. The van der Waals surface area contributed by atoms with E-state index in [0.717, 1.165) is 16.9 Å². The van der Waals surface area contributed by atoms with Gasteiger partial charge in [-0.3, -0.25) is 9.69 Å². The van der Waals surface area contributed by atoms with Crippen LogP contribution in [-0.2, 0) is 16.1 Å². The van der Waals surface area contributed by atoms with E-state index in [2.05, 4.69) is 4.98 Å². The van der Waals surface area contributed by atoms with Crippen LogP contribution in [0.5, 0.6) is 11.5 Å². The van der Waals surface area contributed by atoms with Crippen molar-refractivity contribution in [1.29, 1.82) is 0 Å². The summed E-state index contributed by atoms with van der Waals surface area (Å²) in [5, 5.41) is 0. The summed E-state index contributed by atoms with van der Waals surface area (Å²) >= 11 is 0. The number of likely N-dealkylation sites (N-methyl/N-ethyl adjacent to an activating group) is 1. The quantitative estimate of drug-likeness (QED) is 0.377. The first-order chi connectivity index (χ1) is 16.9. The molecular weight excluding hydrogens is 446 g/mol. The maximum absolute atomic E-state index is 12.8. The van der Waals surface area contributed by atoms with Gasteiger partial charge in [-0.1, -0.05) is 35.9 Å². The zero-order valence-corrected chi connectivity index (χ0v) is 20.3. The van der Waals surface area contributed by atoms with E-state index in [-0.39, 0.29) is 19.7 Å². The minimum atomic E-state index is -0.625. The van der Waals surface area contributed by atoms with E-state index in [1.807, 2.05) is 73.5 Å². The first kappa shape index (κ1) is 25.6.